The van der Waals surface area contributed by atoms with Crippen molar-refractivity contribution in [3.05, 3.63) is 65.7 Å². The van der Waals surface area contributed by atoms with E-state index in [9.17, 15) is 0 Å². The van der Waals surface area contributed by atoms with Gasteiger partial charge >= 0.3 is 0 Å². The molecule has 0 saturated carbocycles. The van der Waals surface area contributed by atoms with Gasteiger partial charge < -0.3 is 15.4 Å². The minimum atomic E-state index is 0.255. The van der Waals surface area contributed by atoms with E-state index in [1.54, 1.807) is 0 Å². The lowest BCUT2D eigenvalue weighted by Crippen LogP contribution is -2.19. The maximum atomic E-state index is 5.72. The second-order valence-electron chi connectivity index (χ2n) is 7.29. The number of hydrogen-bond donors (Lipinski definition) is 2. The van der Waals surface area contributed by atoms with Crippen molar-refractivity contribution in [1.29, 1.82) is 0 Å². The van der Waals surface area contributed by atoms with Crippen LogP contribution in [0.3, 0.4) is 0 Å². The van der Waals surface area contributed by atoms with Crippen LogP contribution in [0, 0.1) is 13.8 Å². The fourth-order valence-electron chi connectivity index (χ4n) is 3.37. The number of anilines is 3. The summed E-state index contributed by atoms with van der Waals surface area (Å²) in [5, 5.41) is 6.83. The van der Waals surface area contributed by atoms with Crippen LogP contribution in [-0.2, 0) is 4.74 Å². The Morgan fingerprint density at radius 1 is 1.04 bits per heavy atom. The average molecular weight is 374 g/mol. The summed E-state index contributed by atoms with van der Waals surface area (Å²) in [6, 6.07) is 18.5. The first-order valence-electron chi connectivity index (χ1n) is 9.81. The third-order valence-electron chi connectivity index (χ3n) is 4.97. The van der Waals surface area contributed by atoms with E-state index in [1.807, 2.05) is 24.3 Å². The number of ether oxygens (including phenoxy) is 1. The van der Waals surface area contributed by atoms with Crippen LogP contribution in [-0.4, -0.2) is 29.2 Å². The van der Waals surface area contributed by atoms with Crippen molar-refractivity contribution in [2.45, 2.75) is 32.8 Å². The van der Waals surface area contributed by atoms with Gasteiger partial charge in [-0.15, -0.1) is 0 Å². The summed E-state index contributed by atoms with van der Waals surface area (Å²) in [6.45, 7) is 5.78. The van der Waals surface area contributed by atoms with Crippen molar-refractivity contribution in [3.8, 4) is 11.3 Å². The van der Waals surface area contributed by atoms with Crippen LogP contribution in [0.25, 0.3) is 11.3 Å². The fraction of sp³-hybridized carbons (Fsp3) is 0.304. The highest BCUT2D eigenvalue weighted by Gasteiger charge is 2.16. The zero-order valence-electron chi connectivity index (χ0n) is 16.4. The molecule has 1 aliphatic heterocycles. The summed E-state index contributed by atoms with van der Waals surface area (Å²) in [7, 11) is 0. The molecule has 1 aromatic heterocycles. The summed E-state index contributed by atoms with van der Waals surface area (Å²) in [4.78, 5) is 9.45. The molecule has 5 heteroatoms. The largest absolute Gasteiger partial charge is 0.376 e. The van der Waals surface area contributed by atoms with Gasteiger partial charge in [0.05, 0.1) is 11.8 Å². The van der Waals surface area contributed by atoms with Crippen molar-refractivity contribution in [2.75, 3.05) is 23.8 Å². The van der Waals surface area contributed by atoms with Crippen LogP contribution in [0.4, 0.5) is 17.5 Å². The molecule has 1 saturated heterocycles. The van der Waals surface area contributed by atoms with E-state index < -0.39 is 0 Å². The van der Waals surface area contributed by atoms with E-state index in [1.165, 1.54) is 5.56 Å². The Morgan fingerprint density at radius 3 is 2.68 bits per heavy atom. The zero-order valence-corrected chi connectivity index (χ0v) is 16.4. The highest BCUT2D eigenvalue weighted by molar-refractivity contribution is 5.67. The molecule has 4 rings (SSSR count). The van der Waals surface area contributed by atoms with Crippen LogP contribution >= 0.6 is 0 Å². The molecule has 5 nitrogen and oxygen atoms in total. The third kappa shape index (κ3) is 4.49. The van der Waals surface area contributed by atoms with E-state index in [-0.39, 0.29) is 6.10 Å². The van der Waals surface area contributed by atoms with Gasteiger partial charge in [0.2, 0.25) is 5.95 Å². The lowest BCUT2D eigenvalue weighted by molar-refractivity contribution is 0.120. The summed E-state index contributed by atoms with van der Waals surface area (Å²) < 4.78 is 5.72. The van der Waals surface area contributed by atoms with Gasteiger partial charge in [0, 0.05) is 30.5 Å². The van der Waals surface area contributed by atoms with E-state index in [0.717, 1.165) is 54.3 Å². The lowest BCUT2D eigenvalue weighted by atomic mass is 10.1. The SMILES string of the molecule is Cc1ccc(C)c(Nc2nc(NCC3CCCO3)cc(-c3ccccc3)n2)c1. The molecule has 1 fully saturated rings. The first-order valence-corrected chi connectivity index (χ1v) is 9.81. The molecule has 2 aromatic carbocycles. The number of hydrogen-bond acceptors (Lipinski definition) is 5. The van der Waals surface area contributed by atoms with Crippen LogP contribution < -0.4 is 10.6 Å². The molecule has 0 bridgehead atoms. The first kappa shape index (κ1) is 18.4. The van der Waals surface area contributed by atoms with Gasteiger partial charge in [0.1, 0.15) is 5.82 Å². The zero-order chi connectivity index (χ0) is 19.3. The molecule has 1 atom stereocenters. The summed E-state index contributed by atoms with van der Waals surface area (Å²) >= 11 is 0. The molecule has 2 N–H and O–H groups in total. The molecular weight excluding hydrogens is 348 g/mol. The van der Waals surface area contributed by atoms with Gasteiger partial charge in [0.25, 0.3) is 0 Å². The number of nitrogens with zero attached hydrogens (tertiary/aromatic N) is 2. The molecule has 1 unspecified atom stereocenters. The summed E-state index contributed by atoms with van der Waals surface area (Å²) in [6.07, 6.45) is 2.48. The predicted octanol–water partition coefficient (Wildman–Crippen LogP) is 5.09. The molecule has 0 aliphatic carbocycles. The van der Waals surface area contributed by atoms with Crippen molar-refractivity contribution in [2.24, 2.45) is 0 Å². The lowest BCUT2D eigenvalue weighted by Gasteiger charge is -2.15. The molecule has 0 amide bonds. The Balaban J connectivity index is 1.63. The van der Waals surface area contributed by atoms with Crippen LogP contribution in [0.2, 0.25) is 0 Å². The summed E-state index contributed by atoms with van der Waals surface area (Å²) in [5.41, 5.74) is 5.33. The molecule has 1 aliphatic rings. The molecule has 144 valence electrons. The topological polar surface area (TPSA) is 59.1 Å². The van der Waals surface area contributed by atoms with Gasteiger partial charge in [-0.3, -0.25) is 0 Å². The quantitative estimate of drug-likeness (QED) is 0.629. The number of aromatic nitrogens is 2. The molecule has 28 heavy (non-hydrogen) atoms. The Morgan fingerprint density at radius 2 is 1.89 bits per heavy atom. The molecule has 3 aromatic rings. The molecule has 2 heterocycles. The maximum absolute atomic E-state index is 5.72. The smallest absolute Gasteiger partial charge is 0.229 e. The maximum Gasteiger partial charge on any atom is 0.229 e. The Labute approximate surface area is 166 Å². The minimum Gasteiger partial charge on any atom is -0.376 e. The highest BCUT2D eigenvalue weighted by atomic mass is 16.5. The van der Waals surface area contributed by atoms with E-state index >= 15 is 0 Å². The second kappa shape index (κ2) is 8.40. The Hall–Kier alpha value is -2.92. The highest BCUT2D eigenvalue weighted by Crippen LogP contribution is 2.25. The first-order chi connectivity index (χ1) is 13.7. The van der Waals surface area contributed by atoms with Crippen molar-refractivity contribution >= 4 is 17.5 Å². The van der Waals surface area contributed by atoms with Crippen LogP contribution in [0.15, 0.2) is 54.6 Å². The fourth-order valence-corrected chi connectivity index (χ4v) is 3.37. The molecular formula is C23H26N4O. The Kier molecular flexibility index (Phi) is 5.53. The monoisotopic (exact) mass is 374 g/mol. The standard InChI is InChI=1S/C23H26N4O/c1-16-10-11-17(2)20(13-16)25-23-26-21(18-7-4-3-5-8-18)14-22(27-23)24-15-19-9-6-12-28-19/h3-5,7-8,10-11,13-14,19H,6,9,12,15H2,1-2H3,(H2,24,25,26,27). The Bertz CT molecular complexity index is 937. The van der Waals surface area contributed by atoms with Gasteiger partial charge in [-0.25, -0.2) is 4.98 Å². The van der Waals surface area contributed by atoms with E-state index in [0.29, 0.717) is 5.95 Å². The number of aryl methyl sites for hydroxylation is 2. The number of benzene rings is 2. The van der Waals surface area contributed by atoms with Crippen molar-refractivity contribution in [1.82, 2.24) is 9.97 Å². The van der Waals surface area contributed by atoms with Gasteiger partial charge in [-0.2, -0.15) is 4.98 Å². The van der Waals surface area contributed by atoms with Crippen LogP contribution in [0.5, 0.6) is 0 Å². The van der Waals surface area contributed by atoms with Crippen LogP contribution in [0.1, 0.15) is 24.0 Å². The van der Waals surface area contributed by atoms with Gasteiger partial charge in [0.15, 0.2) is 0 Å². The van der Waals surface area contributed by atoms with Crippen molar-refractivity contribution < 1.29 is 4.74 Å². The van der Waals surface area contributed by atoms with E-state index in [4.69, 9.17) is 14.7 Å². The van der Waals surface area contributed by atoms with Crippen molar-refractivity contribution in [3.63, 3.8) is 0 Å². The normalized spacial score (nSPS) is 16.1. The predicted molar refractivity (Wildman–Crippen MR) is 114 cm³/mol. The molecule has 0 spiro atoms. The average Bonchev–Trinajstić information content (AvgIpc) is 3.23. The van der Waals surface area contributed by atoms with Gasteiger partial charge in [-0.1, -0.05) is 42.5 Å². The number of rotatable bonds is 6. The minimum absolute atomic E-state index is 0.255. The summed E-state index contributed by atoms with van der Waals surface area (Å²) in [5.74, 6) is 1.39. The second-order valence-corrected chi connectivity index (χ2v) is 7.29. The number of nitrogens with one attached hydrogen (secondary N) is 2. The molecule has 0 radical (unpaired) electrons. The van der Waals surface area contributed by atoms with Gasteiger partial charge in [-0.05, 0) is 43.9 Å². The van der Waals surface area contributed by atoms with E-state index in [2.05, 4.69) is 54.8 Å². The third-order valence-corrected chi connectivity index (χ3v) is 4.97.